The first-order chi connectivity index (χ1) is 14.3. The fourth-order valence-electron chi connectivity index (χ4n) is 2.75. The molecule has 2 aromatic carbocycles. The second-order valence-corrected chi connectivity index (χ2v) is 7.16. The highest BCUT2D eigenvalue weighted by Gasteiger charge is 2.33. The van der Waals surface area contributed by atoms with E-state index in [2.05, 4.69) is 25.6 Å². The summed E-state index contributed by atoms with van der Waals surface area (Å²) < 4.78 is 45.8. The molecule has 30 heavy (non-hydrogen) atoms. The van der Waals surface area contributed by atoms with Crippen LogP contribution in [0.4, 0.5) is 41.3 Å². The van der Waals surface area contributed by atoms with E-state index in [0.29, 0.717) is 10.9 Å². The molecular formula is C19H15F3N6OS. The summed E-state index contributed by atoms with van der Waals surface area (Å²) in [5, 5.41) is 6.16. The molecule has 11 heteroatoms. The number of para-hydroxylation sites is 1. The van der Waals surface area contributed by atoms with Gasteiger partial charge in [-0.25, -0.2) is 15.0 Å². The SMILES string of the molecule is COc1ccc2nc(Nc3ncnc(Nc4ccccc4C(F)(F)F)c3N)sc2c1. The average Bonchev–Trinajstić information content (AvgIpc) is 3.12. The zero-order chi connectivity index (χ0) is 21.3. The molecule has 4 N–H and O–H groups in total. The number of thiazole rings is 1. The van der Waals surface area contributed by atoms with Gasteiger partial charge in [-0.3, -0.25) is 0 Å². The lowest BCUT2D eigenvalue weighted by molar-refractivity contribution is -0.136. The maximum Gasteiger partial charge on any atom is 0.418 e. The van der Waals surface area contributed by atoms with Gasteiger partial charge in [-0.05, 0) is 30.3 Å². The van der Waals surface area contributed by atoms with E-state index >= 15 is 0 Å². The number of benzene rings is 2. The minimum Gasteiger partial charge on any atom is -0.497 e. The summed E-state index contributed by atoms with van der Waals surface area (Å²) in [4.78, 5) is 12.5. The number of hydrogen-bond donors (Lipinski definition) is 3. The molecule has 0 radical (unpaired) electrons. The topological polar surface area (TPSA) is 98.0 Å². The maximum atomic E-state index is 13.2. The summed E-state index contributed by atoms with van der Waals surface area (Å²) in [6, 6.07) is 10.6. The van der Waals surface area contributed by atoms with Gasteiger partial charge in [-0.15, -0.1) is 0 Å². The molecule has 0 spiro atoms. The number of hydrogen-bond acceptors (Lipinski definition) is 8. The van der Waals surface area contributed by atoms with Crippen LogP contribution >= 0.6 is 11.3 Å². The second-order valence-electron chi connectivity index (χ2n) is 6.13. The Labute approximate surface area is 172 Å². The largest absolute Gasteiger partial charge is 0.497 e. The van der Waals surface area contributed by atoms with Gasteiger partial charge in [-0.2, -0.15) is 13.2 Å². The lowest BCUT2D eigenvalue weighted by Gasteiger charge is -2.15. The number of alkyl halides is 3. The van der Waals surface area contributed by atoms with E-state index in [4.69, 9.17) is 10.5 Å². The van der Waals surface area contributed by atoms with Crippen molar-refractivity contribution in [1.82, 2.24) is 15.0 Å². The van der Waals surface area contributed by atoms with E-state index in [1.807, 2.05) is 12.1 Å². The normalized spacial score (nSPS) is 11.5. The van der Waals surface area contributed by atoms with Crippen LogP contribution < -0.4 is 21.1 Å². The quantitative estimate of drug-likeness (QED) is 0.400. The number of nitrogens with two attached hydrogens (primary N) is 1. The Morgan fingerprint density at radius 2 is 1.77 bits per heavy atom. The van der Waals surface area contributed by atoms with Crippen LogP contribution in [-0.4, -0.2) is 22.1 Å². The molecular weight excluding hydrogens is 417 g/mol. The van der Waals surface area contributed by atoms with Crippen molar-refractivity contribution in [3.63, 3.8) is 0 Å². The lowest BCUT2D eigenvalue weighted by Crippen LogP contribution is -2.10. The molecule has 0 saturated heterocycles. The smallest absolute Gasteiger partial charge is 0.418 e. The van der Waals surface area contributed by atoms with Crippen molar-refractivity contribution in [3.8, 4) is 5.75 Å². The number of nitrogens with one attached hydrogen (secondary N) is 2. The molecule has 0 amide bonds. The van der Waals surface area contributed by atoms with E-state index in [9.17, 15) is 13.2 Å². The molecule has 154 valence electrons. The van der Waals surface area contributed by atoms with Gasteiger partial charge in [0.1, 0.15) is 17.8 Å². The summed E-state index contributed by atoms with van der Waals surface area (Å²) in [6.07, 6.45) is -3.32. The van der Waals surface area contributed by atoms with Crippen LogP contribution in [0.3, 0.4) is 0 Å². The molecule has 0 aliphatic heterocycles. The number of rotatable bonds is 5. The predicted molar refractivity (Wildman–Crippen MR) is 111 cm³/mol. The number of nitrogens with zero attached hydrogens (tertiary/aromatic N) is 3. The molecule has 4 aromatic rings. The number of aromatic nitrogens is 3. The summed E-state index contributed by atoms with van der Waals surface area (Å²) >= 11 is 1.36. The zero-order valence-electron chi connectivity index (χ0n) is 15.5. The summed E-state index contributed by atoms with van der Waals surface area (Å²) in [7, 11) is 1.58. The molecule has 7 nitrogen and oxygen atoms in total. The van der Waals surface area contributed by atoms with Gasteiger partial charge in [0.25, 0.3) is 0 Å². The van der Waals surface area contributed by atoms with E-state index in [-0.39, 0.29) is 23.0 Å². The first kappa shape index (κ1) is 19.7. The Morgan fingerprint density at radius 1 is 1.03 bits per heavy atom. The highest BCUT2D eigenvalue weighted by molar-refractivity contribution is 7.22. The summed E-state index contributed by atoms with van der Waals surface area (Å²) in [5.74, 6) is 0.976. The van der Waals surface area contributed by atoms with E-state index in [0.717, 1.165) is 16.3 Å². The van der Waals surface area contributed by atoms with Crippen molar-refractivity contribution >= 4 is 49.7 Å². The van der Waals surface area contributed by atoms with Crippen LogP contribution in [0.15, 0.2) is 48.8 Å². The molecule has 0 aliphatic carbocycles. The Bertz CT molecular complexity index is 1210. The van der Waals surface area contributed by atoms with Crippen molar-refractivity contribution in [1.29, 1.82) is 0 Å². The van der Waals surface area contributed by atoms with Crippen molar-refractivity contribution in [2.75, 3.05) is 23.5 Å². The van der Waals surface area contributed by atoms with E-state index < -0.39 is 11.7 Å². The Morgan fingerprint density at radius 3 is 2.50 bits per heavy atom. The van der Waals surface area contributed by atoms with Gasteiger partial charge in [0.2, 0.25) is 0 Å². The average molecular weight is 432 g/mol. The number of methoxy groups -OCH3 is 1. The van der Waals surface area contributed by atoms with Gasteiger partial charge >= 0.3 is 6.18 Å². The van der Waals surface area contributed by atoms with E-state index in [1.54, 1.807) is 13.2 Å². The maximum absolute atomic E-state index is 13.2. The third-order valence-corrected chi connectivity index (χ3v) is 5.12. The van der Waals surface area contributed by atoms with Crippen molar-refractivity contribution in [2.45, 2.75) is 6.18 Å². The van der Waals surface area contributed by atoms with Gasteiger partial charge in [0.15, 0.2) is 16.8 Å². The van der Waals surface area contributed by atoms with Crippen LogP contribution in [0.25, 0.3) is 10.2 Å². The minimum absolute atomic E-state index is 0.0481. The molecule has 0 unspecified atom stereocenters. The molecule has 0 bridgehead atoms. The lowest BCUT2D eigenvalue weighted by atomic mass is 10.1. The molecule has 2 heterocycles. The second kappa shape index (κ2) is 7.67. The minimum atomic E-state index is -4.52. The third-order valence-electron chi connectivity index (χ3n) is 4.19. The molecule has 0 aliphatic rings. The van der Waals surface area contributed by atoms with Gasteiger partial charge in [0.05, 0.1) is 28.6 Å². The van der Waals surface area contributed by atoms with Crippen molar-refractivity contribution in [2.24, 2.45) is 0 Å². The van der Waals surface area contributed by atoms with Gasteiger partial charge in [0, 0.05) is 0 Å². The Balaban J connectivity index is 1.63. The molecule has 2 aromatic heterocycles. The monoisotopic (exact) mass is 432 g/mol. The standard InChI is InChI=1S/C19H15F3N6OS/c1-29-10-6-7-13-14(8-10)30-18(27-13)28-17-15(23)16(24-9-25-17)26-12-5-3-2-4-11(12)19(20,21)22/h2-9H,23H2,1H3,(H2,24,25,26,27,28). The van der Waals surface area contributed by atoms with Crippen molar-refractivity contribution in [3.05, 3.63) is 54.4 Å². The fraction of sp³-hybridized carbons (Fsp3) is 0.105. The third kappa shape index (κ3) is 3.92. The Hall–Kier alpha value is -3.60. The van der Waals surface area contributed by atoms with Crippen LogP contribution in [-0.2, 0) is 6.18 Å². The van der Waals surface area contributed by atoms with Crippen LogP contribution in [0.5, 0.6) is 5.75 Å². The number of fused-ring (bicyclic) bond motifs is 1. The van der Waals surface area contributed by atoms with Crippen LogP contribution in [0.2, 0.25) is 0 Å². The number of halogens is 3. The highest BCUT2D eigenvalue weighted by Crippen LogP contribution is 2.37. The number of ether oxygens (including phenoxy) is 1. The highest BCUT2D eigenvalue weighted by atomic mass is 32.1. The summed E-state index contributed by atoms with van der Waals surface area (Å²) in [5.41, 5.74) is 5.94. The zero-order valence-corrected chi connectivity index (χ0v) is 16.3. The molecule has 0 fully saturated rings. The van der Waals surface area contributed by atoms with Crippen LogP contribution in [0, 0.1) is 0 Å². The molecule has 0 saturated carbocycles. The first-order valence-corrected chi connectivity index (χ1v) is 9.42. The van der Waals surface area contributed by atoms with Crippen molar-refractivity contribution < 1.29 is 17.9 Å². The molecule has 0 atom stereocenters. The molecule has 4 rings (SSSR count). The van der Waals surface area contributed by atoms with E-state index in [1.165, 1.54) is 35.9 Å². The van der Waals surface area contributed by atoms with Gasteiger partial charge in [-0.1, -0.05) is 23.5 Å². The number of nitrogen functional groups attached to an aromatic ring is 1. The Kier molecular flexibility index (Phi) is 5.04. The fourth-order valence-corrected chi connectivity index (χ4v) is 3.64. The first-order valence-electron chi connectivity index (χ1n) is 8.60. The van der Waals surface area contributed by atoms with Gasteiger partial charge < -0.3 is 21.1 Å². The number of anilines is 5. The van der Waals surface area contributed by atoms with Crippen LogP contribution in [0.1, 0.15) is 5.56 Å². The summed E-state index contributed by atoms with van der Waals surface area (Å²) in [6.45, 7) is 0. The predicted octanol–water partition coefficient (Wildman–Crippen LogP) is 5.18.